The minimum atomic E-state index is 0.0150. The van der Waals surface area contributed by atoms with Crippen molar-refractivity contribution >= 4 is 15.9 Å². The van der Waals surface area contributed by atoms with E-state index in [0.29, 0.717) is 0 Å². The van der Waals surface area contributed by atoms with E-state index in [-0.39, 0.29) is 13.4 Å². The third-order valence-corrected chi connectivity index (χ3v) is 2.71. The molecule has 13 heavy (non-hydrogen) atoms. The highest BCUT2D eigenvalue weighted by Gasteiger charge is 2.21. The molecule has 0 fully saturated rings. The topological polar surface area (TPSA) is 38.7 Å². The first-order valence-corrected chi connectivity index (χ1v) is 4.71. The van der Waals surface area contributed by atoms with Crippen LogP contribution in [-0.2, 0) is 6.61 Å². The summed E-state index contributed by atoms with van der Waals surface area (Å²) < 4.78 is 11.4. The van der Waals surface area contributed by atoms with Crippen molar-refractivity contribution in [3.63, 3.8) is 0 Å². The van der Waals surface area contributed by atoms with Gasteiger partial charge in [-0.25, -0.2) is 0 Å². The molecule has 3 nitrogen and oxygen atoms in total. The van der Waals surface area contributed by atoms with Crippen molar-refractivity contribution < 1.29 is 14.6 Å². The van der Waals surface area contributed by atoms with Crippen LogP contribution in [0.2, 0.25) is 0 Å². The third-order valence-electron chi connectivity index (χ3n) is 2.12. The van der Waals surface area contributed by atoms with Gasteiger partial charge in [-0.05, 0) is 34.5 Å². The maximum Gasteiger partial charge on any atom is 0.231 e. The van der Waals surface area contributed by atoms with E-state index in [0.717, 1.165) is 27.1 Å². The first kappa shape index (κ1) is 8.84. The summed E-state index contributed by atoms with van der Waals surface area (Å²) in [5, 5.41) is 9.06. The minimum Gasteiger partial charge on any atom is -0.453 e. The molecule has 0 saturated carbocycles. The second kappa shape index (κ2) is 3.20. The monoisotopic (exact) mass is 244 g/mol. The van der Waals surface area contributed by atoms with E-state index in [4.69, 9.17) is 14.6 Å². The average Bonchev–Trinajstić information content (AvgIpc) is 2.60. The molecule has 0 saturated heterocycles. The highest BCUT2D eigenvalue weighted by molar-refractivity contribution is 9.10. The van der Waals surface area contributed by atoms with Gasteiger partial charge in [0.2, 0.25) is 6.79 Å². The Morgan fingerprint density at radius 2 is 2.15 bits per heavy atom. The second-order valence-electron chi connectivity index (χ2n) is 2.87. The van der Waals surface area contributed by atoms with Gasteiger partial charge in [-0.15, -0.1) is 0 Å². The van der Waals surface area contributed by atoms with Crippen molar-refractivity contribution in [1.82, 2.24) is 0 Å². The number of benzene rings is 1. The van der Waals surface area contributed by atoms with Crippen molar-refractivity contribution in [3.8, 4) is 11.5 Å². The van der Waals surface area contributed by atoms with E-state index in [1.54, 1.807) is 0 Å². The van der Waals surface area contributed by atoms with Gasteiger partial charge >= 0.3 is 0 Å². The Balaban J connectivity index is 2.62. The molecule has 1 aromatic rings. The van der Waals surface area contributed by atoms with E-state index in [2.05, 4.69) is 15.9 Å². The Morgan fingerprint density at radius 1 is 1.46 bits per heavy atom. The number of ether oxygens (including phenoxy) is 2. The Labute approximate surface area is 84.4 Å². The fraction of sp³-hybridized carbons (Fsp3) is 0.333. The van der Waals surface area contributed by atoms with Gasteiger partial charge in [0.15, 0.2) is 11.5 Å². The summed E-state index contributed by atoms with van der Waals surface area (Å²) in [6.07, 6.45) is 0. The molecule has 1 N–H and O–H groups in total. The van der Waals surface area contributed by atoms with Crippen LogP contribution in [0.3, 0.4) is 0 Å². The summed E-state index contributed by atoms with van der Waals surface area (Å²) in [6, 6.07) is 1.85. The maximum absolute atomic E-state index is 9.06. The molecule has 4 heteroatoms. The van der Waals surface area contributed by atoms with Gasteiger partial charge < -0.3 is 14.6 Å². The minimum absolute atomic E-state index is 0.0150. The molecule has 0 bridgehead atoms. The molecule has 0 aromatic heterocycles. The SMILES string of the molecule is Cc1c(CO)cc(Br)c2c1OCO2. The van der Waals surface area contributed by atoms with Gasteiger partial charge in [-0.1, -0.05) is 0 Å². The molecule has 0 unspecified atom stereocenters. The van der Waals surface area contributed by atoms with Crippen molar-refractivity contribution in [2.75, 3.05) is 6.79 Å². The predicted molar refractivity (Wildman–Crippen MR) is 50.9 cm³/mol. The van der Waals surface area contributed by atoms with Crippen LogP contribution in [0.1, 0.15) is 11.1 Å². The van der Waals surface area contributed by atoms with Gasteiger partial charge in [-0.3, -0.25) is 0 Å². The number of aliphatic hydroxyl groups excluding tert-OH is 1. The van der Waals surface area contributed by atoms with Gasteiger partial charge in [0, 0.05) is 5.56 Å². The van der Waals surface area contributed by atoms with Crippen LogP contribution in [0.4, 0.5) is 0 Å². The number of rotatable bonds is 1. The second-order valence-corrected chi connectivity index (χ2v) is 3.72. The molecule has 2 rings (SSSR count). The van der Waals surface area contributed by atoms with Gasteiger partial charge in [-0.2, -0.15) is 0 Å². The smallest absolute Gasteiger partial charge is 0.231 e. The Morgan fingerprint density at radius 3 is 2.85 bits per heavy atom. The van der Waals surface area contributed by atoms with Crippen molar-refractivity contribution in [1.29, 1.82) is 0 Å². The molecule has 0 aliphatic carbocycles. The van der Waals surface area contributed by atoms with E-state index in [9.17, 15) is 0 Å². The standard InChI is InChI=1S/C9H9BrO3/c1-5-6(3-11)2-7(10)9-8(5)12-4-13-9/h2,11H,3-4H2,1H3. The van der Waals surface area contributed by atoms with Crippen LogP contribution >= 0.6 is 15.9 Å². The summed E-state index contributed by atoms with van der Waals surface area (Å²) in [7, 11) is 0. The van der Waals surface area contributed by atoms with Crippen LogP contribution in [0.25, 0.3) is 0 Å². The molecule has 1 heterocycles. The van der Waals surface area contributed by atoms with Gasteiger partial charge in [0.1, 0.15) is 0 Å². The molecule has 70 valence electrons. The Hall–Kier alpha value is -0.740. The summed E-state index contributed by atoms with van der Waals surface area (Å²) in [4.78, 5) is 0. The number of fused-ring (bicyclic) bond motifs is 1. The van der Waals surface area contributed by atoms with Crippen molar-refractivity contribution in [3.05, 3.63) is 21.7 Å². The molecule has 1 aliphatic rings. The normalized spacial score (nSPS) is 13.5. The third kappa shape index (κ3) is 1.30. The summed E-state index contributed by atoms with van der Waals surface area (Å²) >= 11 is 3.36. The average molecular weight is 245 g/mol. The lowest BCUT2D eigenvalue weighted by Crippen LogP contribution is -1.94. The fourth-order valence-electron chi connectivity index (χ4n) is 1.37. The van der Waals surface area contributed by atoms with E-state index in [1.165, 1.54) is 0 Å². The van der Waals surface area contributed by atoms with Gasteiger partial charge in [0.05, 0.1) is 11.1 Å². The zero-order valence-corrected chi connectivity index (χ0v) is 8.72. The number of halogens is 1. The lowest BCUT2D eigenvalue weighted by Gasteiger charge is -2.07. The lowest BCUT2D eigenvalue weighted by atomic mass is 10.1. The number of hydrogen-bond acceptors (Lipinski definition) is 3. The van der Waals surface area contributed by atoms with Crippen molar-refractivity contribution in [2.24, 2.45) is 0 Å². The van der Waals surface area contributed by atoms with Crippen LogP contribution < -0.4 is 9.47 Å². The zero-order chi connectivity index (χ0) is 9.42. The Kier molecular flexibility index (Phi) is 2.17. The molecule has 0 radical (unpaired) electrons. The van der Waals surface area contributed by atoms with E-state index >= 15 is 0 Å². The quantitative estimate of drug-likeness (QED) is 0.822. The summed E-state index contributed by atoms with van der Waals surface area (Å²) in [5.41, 5.74) is 1.80. The largest absolute Gasteiger partial charge is 0.453 e. The summed E-state index contributed by atoms with van der Waals surface area (Å²) in [6.45, 7) is 2.18. The number of aliphatic hydroxyl groups is 1. The first-order valence-electron chi connectivity index (χ1n) is 3.92. The molecule has 1 aliphatic heterocycles. The van der Waals surface area contributed by atoms with Crippen LogP contribution in [0, 0.1) is 6.92 Å². The molecule has 0 atom stereocenters. The summed E-state index contributed by atoms with van der Waals surface area (Å²) in [5.74, 6) is 1.47. The highest BCUT2D eigenvalue weighted by Crippen LogP contribution is 2.43. The van der Waals surface area contributed by atoms with E-state index < -0.39 is 0 Å². The molecule has 0 spiro atoms. The first-order chi connectivity index (χ1) is 6.24. The lowest BCUT2D eigenvalue weighted by molar-refractivity contribution is 0.173. The highest BCUT2D eigenvalue weighted by atomic mass is 79.9. The van der Waals surface area contributed by atoms with Crippen LogP contribution in [0.15, 0.2) is 10.5 Å². The fourth-order valence-corrected chi connectivity index (χ4v) is 1.94. The van der Waals surface area contributed by atoms with Crippen LogP contribution in [-0.4, -0.2) is 11.9 Å². The molecular formula is C9H9BrO3. The van der Waals surface area contributed by atoms with E-state index in [1.807, 2.05) is 13.0 Å². The van der Waals surface area contributed by atoms with Crippen LogP contribution in [0.5, 0.6) is 11.5 Å². The van der Waals surface area contributed by atoms with Crippen molar-refractivity contribution in [2.45, 2.75) is 13.5 Å². The van der Waals surface area contributed by atoms with Gasteiger partial charge in [0.25, 0.3) is 0 Å². The predicted octanol–water partition coefficient (Wildman–Crippen LogP) is 1.98. The molecule has 0 amide bonds. The zero-order valence-electron chi connectivity index (χ0n) is 7.13. The molecular weight excluding hydrogens is 236 g/mol. The molecule has 1 aromatic carbocycles. The maximum atomic E-state index is 9.06. The number of hydrogen-bond donors (Lipinski definition) is 1. The Bertz CT molecular complexity index is 349.